The highest BCUT2D eigenvalue weighted by molar-refractivity contribution is 7.99. The summed E-state index contributed by atoms with van der Waals surface area (Å²) in [6.45, 7) is 0.666. The Labute approximate surface area is 173 Å². The summed E-state index contributed by atoms with van der Waals surface area (Å²) < 4.78 is 21.8. The highest BCUT2D eigenvalue weighted by Crippen LogP contribution is 2.45. The van der Waals surface area contributed by atoms with Crippen molar-refractivity contribution in [2.75, 3.05) is 39.4 Å². The van der Waals surface area contributed by atoms with Crippen LogP contribution in [0.5, 0.6) is 17.2 Å². The Morgan fingerprint density at radius 3 is 2.61 bits per heavy atom. The summed E-state index contributed by atoms with van der Waals surface area (Å²) in [4.78, 5) is 14.6. The van der Waals surface area contributed by atoms with Gasteiger partial charge in [0, 0.05) is 36.1 Å². The van der Waals surface area contributed by atoms with Gasteiger partial charge >= 0.3 is 0 Å². The molecule has 0 aliphatic carbocycles. The van der Waals surface area contributed by atoms with E-state index in [0.717, 1.165) is 28.6 Å². The fraction of sp³-hybridized carbons (Fsp3) is 0.450. The first-order valence-electron chi connectivity index (χ1n) is 8.99. The van der Waals surface area contributed by atoms with Gasteiger partial charge in [-0.15, -0.1) is 11.8 Å². The van der Waals surface area contributed by atoms with Crippen LogP contribution in [0.3, 0.4) is 0 Å². The Morgan fingerprint density at radius 1 is 1.18 bits per heavy atom. The van der Waals surface area contributed by atoms with E-state index in [-0.39, 0.29) is 11.3 Å². The summed E-state index contributed by atoms with van der Waals surface area (Å²) in [5.74, 6) is 5.46. The van der Waals surface area contributed by atoms with Crippen molar-refractivity contribution in [1.82, 2.24) is 4.90 Å². The number of carbonyl (C=O) groups is 1. The molecule has 3 rings (SSSR count). The predicted octanol–water partition coefficient (Wildman–Crippen LogP) is 4.20. The molecule has 1 aromatic heterocycles. The molecule has 2 aromatic rings. The van der Waals surface area contributed by atoms with Crippen LogP contribution in [-0.4, -0.2) is 50.2 Å². The maximum absolute atomic E-state index is 12.7. The number of furan rings is 1. The van der Waals surface area contributed by atoms with E-state index in [9.17, 15) is 4.79 Å². The molecule has 2 heterocycles. The van der Waals surface area contributed by atoms with Crippen molar-refractivity contribution in [2.24, 2.45) is 0 Å². The second-order valence-corrected chi connectivity index (χ2v) is 8.43. The third-order valence-electron chi connectivity index (χ3n) is 4.50. The molecular formula is C20H25NO5S2. The van der Waals surface area contributed by atoms with E-state index in [1.165, 1.54) is 0 Å². The first-order chi connectivity index (χ1) is 13.7. The zero-order valence-corrected chi connectivity index (χ0v) is 17.9. The first-order valence-corrected chi connectivity index (χ1v) is 11.2. The van der Waals surface area contributed by atoms with Crippen molar-refractivity contribution < 1.29 is 23.4 Å². The molecule has 1 amide bonds. The van der Waals surface area contributed by atoms with Crippen LogP contribution < -0.4 is 14.2 Å². The molecule has 0 saturated carbocycles. The Hall–Kier alpha value is -1.93. The molecule has 1 aliphatic rings. The summed E-state index contributed by atoms with van der Waals surface area (Å²) in [5.41, 5.74) is 0.925. The molecule has 0 spiro atoms. The summed E-state index contributed by atoms with van der Waals surface area (Å²) in [5, 5.41) is -0.111. The molecule has 0 N–H and O–H groups in total. The lowest BCUT2D eigenvalue weighted by Crippen LogP contribution is -2.38. The number of nitrogens with zero attached hydrogens (tertiary/aromatic N) is 1. The maximum Gasteiger partial charge on any atom is 0.224 e. The molecule has 152 valence electrons. The lowest BCUT2D eigenvalue weighted by molar-refractivity contribution is -0.131. The molecule has 1 fully saturated rings. The van der Waals surface area contributed by atoms with Gasteiger partial charge < -0.3 is 23.5 Å². The van der Waals surface area contributed by atoms with Crippen LogP contribution in [0.2, 0.25) is 0 Å². The van der Waals surface area contributed by atoms with Crippen LogP contribution in [0.15, 0.2) is 34.9 Å². The fourth-order valence-corrected chi connectivity index (χ4v) is 5.22. The van der Waals surface area contributed by atoms with Gasteiger partial charge in [0.1, 0.15) is 16.9 Å². The topological polar surface area (TPSA) is 61.1 Å². The molecule has 1 aromatic carbocycles. The van der Waals surface area contributed by atoms with Gasteiger partial charge in [0.15, 0.2) is 11.5 Å². The SMILES string of the molecule is COc1cc(OC)c(C2SCCC(=O)N2CCSCc2ccco2)cc1OC. The quantitative estimate of drug-likeness (QED) is 0.560. The largest absolute Gasteiger partial charge is 0.496 e. The molecule has 1 aliphatic heterocycles. The normalized spacial score (nSPS) is 16.9. The third kappa shape index (κ3) is 4.72. The van der Waals surface area contributed by atoms with Crippen molar-refractivity contribution in [3.05, 3.63) is 41.9 Å². The average molecular weight is 424 g/mol. The number of methoxy groups -OCH3 is 3. The predicted molar refractivity (Wildman–Crippen MR) is 112 cm³/mol. The van der Waals surface area contributed by atoms with Gasteiger partial charge in [-0.25, -0.2) is 0 Å². The number of carbonyl (C=O) groups excluding carboxylic acids is 1. The minimum Gasteiger partial charge on any atom is -0.496 e. The number of thioether (sulfide) groups is 2. The van der Waals surface area contributed by atoms with Gasteiger partial charge in [0.25, 0.3) is 0 Å². The Kier molecular flexibility index (Phi) is 7.44. The van der Waals surface area contributed by atoms with Gasteiger partial charge in [-0.3, -0.25) is 4.79 Å². The van der Waals surface area contributed by atoms with Crippen molar-refractivity contribution in [3.8, 4) is 17.2 Å². The summed E-state index contributed by atoms with van der Waals surface area (Å²) in [6, 6.07) is 7.58. The number of hydrogen-bond donors (Lipinski definition) is 0. The van der Waals surface area contributed by atoms with Crippen LogP contribution in [0.1, 0.15) is 23.1 Å². The van der Waals surface area contributed by atoms with Crippen molar-refractivity contribution in [1.29, 1.82) is 0 Å². The molecule has 28 heavy (non-hydrogen) atoms. The lowest BCUT2D eigenvalue weighted by atomic mass is 10.1. The van der Waals surface area contributed by atoms with E-state index in [0.29, 0.717) is 30.2 Å². The Bertz CT molecular complexity index is 781. The van der Waals surface area contributed by atoms with Gasteiger partial charge in [0.05, 0.1) is 33.3 Å². The number of benzene rings is 1. The van der Waals surface area contributed by atoms with Gasteiger partial charge in [-0.2, -0.15) is 11.8 Å². The lowest BCUT2D eigenvalue weighted by Gasteiger charge is -2.36. The van der Waals surface area contributed by atoms with Crippen molar-refractivity contribution in [3.63, 3.8) is 0 Å². The second-order valence-electron chi connectivity index (χ2n) is 6.14. The van der Waals surface area contributed by atoms with Gasteiger partial charge in [-0.05, 0) is 18.2 Å². The summed E-state index contributed by atoms with van der Waals surface area (Å²) >= 11 is 3.50. The molecule has 0 bridgehead atoms. The maximum atomic E-state index is 12.7. The number of ether oxygens (including phenoxy) is 3. The van der Waals surface area contributed by atoms with E-state index in [1.54, 1.807) is 51.1 Å². The highest BCUT2D eigenvalue weighted by atomic mass is 32.2. The average Bonchev–Trinajstić information content (AvgIpc) is 3.24. The summed E-state index contributed by atoms with van der Waals surface area (Å²) in [7, 11) is 4.83. The molecule has 1 atom stereocenters. The third-order valence-corrected chi connectivity index (χ3v) is 6.72. The van der Waals surface area contributed by atoms with Crippen LogP contribution >= 0.6 is 23.5 Å². The van der Waals surface area contributed by atoms with Crippen LogP contribution in [-0.2, 0) is 10.5 Å². The monoisotopic (exact) mass is 423 g/mol. The van der Waals surface area contributed by atoms with Crippen LogP contribution in [0.25, 0.3) is 0 Å². The molecule has 1 saturated heterocycles. The van der Waals surface area contributed by atoms with Gasteiger partial charge in [-0.1, -0.05) is 0 Å². The number of amides is 1. The molecule has 1 unspecified atom stereocenters. The van der Waals surface area contributed by atoms with Crippen molar-refractivity contribution in [2.45, 2.75) is 17.5 Å². The van der Waals surface area contributed by atoms with E-state index in [1.807, 2.05) is 29.2 Å². The zero-order valence-electron chi connectivity index (χ0n) is 16.3. The van der Waals surface area contributed by atoms with Crippen LogP contribution in [0.4, 0.5) is 0 Å². The minimum atomic E-state index is -0.111. The molecule has 6 nitrogen and oxygen atoms in total. The smallest absolute Gasteiger partial charge is 0.224 e. The highest BCUT2D eigenvalue weighted by Gasteiger charge is 2.32. The minimum absolute atomic E-state index is 0.111. The van der Waals surface area contributed by atoms with Gasteiger partial charge in [0.2, 0.25) is 5.91 Å². The Balaban J connectivity index is 1.76. The zero-order chi connectivity index (χ0) is 19.9. The van der Waals surface area contributed by atoms with E-state index >= 15 is 0 Å². The van der Waals surface area contributed by atoms with E-state index in [2.05, 4.69) is 0 Å². The first kappa shape index (κ1) is 20.8. The van der Waals surface area contributed by atoms with Crippen LogP contribution in [0, 0.1) is 0 Å². The second kappa shape index (κ2) is 10.0. The van der Waals surface area contributed by atoms with E-state index in [4.69, 9.17) is 18.6 Å². The summed E-state index contributed by atoms with van der Waals surface area (Å²) in [6.07, 6.45) is 2.24. The molecular weight excluding hydrogens is 398 g/mol. The van der Waals surface area contributed by atoms with E-state index < -0.39 is 0 Å². The fourth-order valence-electron chi connectivity index (χ4n) is 3.10. The Morgan fingerprint density at radius 2 is 1.93 bits per heavy atom. The number of hydrogen-bond acceptors (Lipinski definition) is 7. The van der Waals surface area contributed by atoms with Crippen molar-refractivity contribution >= 4 is 29.4 Å². The number of rotatable bonds is 9. The molecule has 0 radical (unpaired) electrons. The standard InChI is InChI=1S/C20H25NO5S2/c1-23-16-12-18(25-3)17(24-2)11-15(16)20-21(19(22)6-9-28-20)7-10-27-13-14-5-4-8-26-14/h4-5,8,11-12,20H,6-7,9-10,13H2,1-3H3. The molecule has 8 heteroatoms.